The van der Waals surface area contributed by atoms with E-state index >= 15 is 0 Å². The van der Waals surface area contributed by atoms with Gasteiger partial charge in [0, 0.05) is 25.0 Å². The Bertz CT molecular complexity index is 366. The van der Waals surface area contributed by atoms with Crippen LogP contribution in [0, 0.1) is 0 Å². The molecular formula is C11H17N3O3. The number of rotatable bonds is 3. The van der Waals surface area contributed by atoms with E-state index in [0.717, 1.165) is 5.69 Å². The van der Waals surface area contributed by atoms with E-state index < -0.39 is 0 Å². The molecule has 2 rings (SSSR count). The van der Waals surface area contributed by atoms with Crippen LogP contribution in [0.3, 0.4) is 0 Å². The molecule has 6 nitrogen and oxygen atoms in total. The topological polar surface area (TPSA) is 78.5 Å². The number of aliphatic hydroxyl groups is 1. The zero-order valence-corrected chi connectivity index (χ0v) is 9.80. The fraction of sp³-hybridized carbons (Fsp3) is 0.636. The van der Waals surface area contributed by atoms with E-state index in [1.54, 1.807) is 17.2 Å². The Morgan fingerprint density at radius 3 is 3.18 bits per heavy atom. The van der Waals surface area contributed by atoms with Crippen molar-refractivity contribution in [1.29, 1.82) is 0 Å². The van der Waals surface area contributed by atoms with Gasteiger partial charge in [0.15, 0.2) is 0 Å². The lowest BCUT2D eigenvalue weighted by atomic mass is 10.2. The Hall–Kier alpha value is -1.40. The molecule has 1 aromatic heterocycles. The number of nitrogens with one attached hydrogen (secondary N) is 1. The van der Waals surface area contributed by atoms with E-state index in [0.29, 0.717) is 19.5 Å². The number of aromatic nitrogens is 2. The number of ether oxygens (including phenoxy) is 1. The first-order valence-electron chi connectivity index (χ1n) is 5.71. The molecule has 6 heteroatoms. The van der Waals surface area contributed by atoms with E-state index in [-0.39, 0.29) is 24.7 Å². The summed E-state index contributed by atoms with van der Waals surface area (Å²) in [5, 5.41) is 15.7. The van der Waals surface area contributed by atoms with Crippen LogP contribution < -0.4 is 0 Å². The van der Waals surface area contributed by atoms with Crippen LogP contribution in [-0.4, -0.2) is 58.0 Å². The van der Waals surface area contributed by atoms with Crippen molar-refractivity contribution in [3.63, 3.8) is 0 Å². The SMILES string of the molecule is CC1CN(C(=O)Cc2ccn[nH]2)CC(CO)O1. The van der Waals surface area contributed by atoms with Crippen LogP contribution in [0.1, 0.15) is 12.6 Å². The Morgan fingerprint density at radius 1 is 1.71 bits per heavy atom. The Labute approximate surface area is 99.6 Å². The first-order valence-corrected chi connectivity index (χ1v) is 5.71. The molecular weight excluding hydrogens is 222 g/mol. The highest BCUT2D eigenvalue weighted by Gasteiger charge is 2.27. The quantitative estimate of drug-likeness (QED) is 0.749. The summed E-state index contributed by atoms with van der Waals surface area (Å²) in [5.41, 5.74) is 0.801. The number of hydrogen-bond acceptors (Lipinski definition) is 4. The van der Waals surface area contributed by atoms with Gasteiger partial charge in [-0.25, -0.2) is 0 Å². The maximum atomic E-state index is 12.0. The highest BCUT2D eigenvalue weighted by atomic mass is 16.5. The molecule has 1 amide bonds. The van der Waals surface area contributed by atoms with Gasteiger partial charge in [0.25, 0.3) is 0 Å². The zero-order chi connectivity index (χ0) is 12.3. The van der Waals surface area contributed by atoms with E-state index in [1.165, 1.54) is 0 Å². The van der Waals surface area contributed by atoms with Crippen molar-refractivity contribution in [2.24, 2.45) is 0 Å². The summed E-state index contributed by atoms with van der Waals surface area (Å²) in [6.07, 6.45) is 1.63. The average molecular weight is 239 g/mol. The number of carbonyl (C=O) groups is 1. The molecule has 0 saturated carbocycles. The van der Waals surface area contributed by atoms with Crippen molar-refractivity contribution in [2.75, 3.05) is 19.7 Å². The summed E-state index contributed by atoms with van der Waals surface area (Å²) in [7, 11) is 0. The summed E-state index contributed by atoms with van der Waals surface area (Å²) < 4.78 is 5.49. The lowest BCUT2D eigenvalue weighted by Gasteiger charge is -2.36. The maximum Gasteiger partial charge on any atom is 0.228 e. The minimum Gasteiger partial charge on any atom is -0.394 e. The molecule has 1 saturated heterocycles. The third-order valence-corrected chi connectivity index (χ3v) is 2.78. The molecule has 2 N–H and O–H groups in total. The second kappa shape index (κ2) is 5.29. The monoisotopic (exact) mass is 239 g/mol. The zero-order valence-electron chi connectivity index (χ0n) is 9.80. The van der Waals surface area contributed by atoms with Crippen molar-refractivity contribution in [3.8, 4) is 0 Å². The van der Waals surface area contributed by atoms with Crippen molar-refractivity contribution in [3.05, 3.63) is 18.0 Å². The van der Waals surface area contributed by atoms with Crippen molar-refractivity contribution in [2.45, 2.75) is 25.6 Å². The number of morpholine rings is 1. The lowest BCUT2D eigenvalue weighted by molar-refractivity contribution is -0.146. The van der Waals surface area contributed by atoms with Gasteiger partial charge in [-0.05, 0) is 13.0 Å². The van der Waals surface area contributed by atoms with Crippen LogP contribution in [-0.2, 0) is 16.0 Å². The van der Waals surface area contributed by atoms with E-state index in [2.05, 4.69) is 10.2 Å². The number of nitrogens with zero attached hydrogens (tertiary/aromatic N) is 2. The van der Waals surface area contributed by atoms with Gasteiger partial charge in [0.1, 0.15) is 0 Å². The third kappa shape index (κ3) is 3.04. The molecule has 0 aromatic carbocycles. The number of aromatic amines is 1. The van der Waals surface area contributed by atoms with Crippen molar-refractivity contribution >= 4 is 5.91 Å². The smallest absolute Gasteiger partial charge is 0.228 e. The number of hydrogen-bond donors (Lipinski definition) is 2. The van der Waals surface area contributed by atoms with Crippen LogP contribution in [0.2, 0.25) is 0 Å². The van der Waals surface area contributed by atoms with Crippen LogP contribution in [0.5, 0.6) is 0 Å². The molecule has 17 heavy (non-hydrogen) atoms. The van der Waals surface area contributed by atoms with Crippen molar-refractivity contribution < 1.29 is 14.6 Å². The molecule has 1 fully saturated rings. The third-order valence-electron chi connectivity index (χ3n) is 2.78. The molecule has 2 unspecified atom stereocenters. The largest absolute Gasteiger partial charge is 0.394 e. The van der Waals surface area contributed by atoms with Gasteiger partial charge in [0.05, 0.1) is 25.2 Å². The molecule has 2 atom stereocenters. The van der Waals surface area contributed by atoms with Gasteiger partial charge in [0.2, 0.25) is 5.91 Å². The highest BCUT2D eigenvalue weighted by Crippen LogP contribution is 2.12. The molecule has 0 bridgehead atoms. The fourth-order valence-corrected chi connectivity index (χ4v) is 2.01. The maximum absolute atomic E-state index is 12.0. The second-order valence-corrected chi connectivity index (χ2v) is 4.31. The summed E-state index contributed by atoms with van der Waals surface area (Å²) >= 11 is 0. The van der Waals surface area contributed by atoms with Crippen LogP contribution in [0.25, 0.3) is 0 Å². The number of amides is 1. The van der Waals surface area contributed by atoms with Crippen LogP contribution in [0.4, 0.5) is 0 Å². The van der Waals surface area contributed by atoms with Gasteiger partial charge >= 0.3 is 0 Å². The van der Waals surface area contributed by atoms with Gasteiger partial charge in [-0.15, -0.1) is 0 Å². The molecule has 2 heterocycles. The molecule has 0 aliphatic carbocycles. The van der Waals surface area contributed by atoms with Crippen molar-refractivity contribution in [1.82, 2.24) is 15.1 Å². The Morgan fingerprint density at radius 2 is 2.53 bits per heavy atom. The molecule has 1 aliphatic heterocycles. The van der Waals surface area contributed by atoms with Gasteiger partial charge < -0.3 is 14.7 Å². The normalized spacial score (nSPS) is 24.9. The van der Waals surface area contributed by atoms with Gasteiger partial charge in [-0.2, -0.15) is 5.10 Å². The molecule has 0 radical (unpaired) electrons. The summed E-state index contributed by atoms with van der Waals surface area (Å²) in [6.45, 7) is 2.87. The Kier molecular flexibility index (Phi) is 3.75. The fourth-order valence-electron chi connectivity index (χ4n) is 2.01. The van der Waals surface area contributed by atoms with E-state index in [9.17, 15) is 4.79 Å². The number of aliphatic hydroxyl groups excluding tert-OH is 1. The van der Waals surface area contributed by atoms with Crippen LogP contribution >= 0.6 is 0 Å². The molecule has 94 valence electrons. The second-order valence-electron chi connectivity index (χ2n) is 4.31. The lowest BCUT2D eigenvalue weighted by Crippen LogP contribution is -2.50. The summed E-state index contributed by atoms with van der Waals surface area (Å²) in [4.78, 5) is 13.7. The van der Waals surface area contributed by atoms with Gasteiger partial charge in [-0.3, -0.25) is 9.89 Å². The number of carbonyl (C=O) groups excluding carboxylic acids is 1. The first-order chi connectivity index (χ1) is 8.19. The van der Waals surface area contributed by atoms with E-state index in [4.69, 9.17) is 9.84 Å². The predicted molar refractivity (Wildman–Crippen MR) is 60.3 cm³/mol. The first kappa shape index (κ1) is 12.1. The Balaban J connectivity index is 1.94. The summed E-state index contributed by atoms with van der Waals surface area (Å²) in [6, 6.07) is 1.78. The molecule has 1 aromatic rings. The summed E-state index contributed by atoms with van der Waals surface area (Å²) in [5.74, 6) is 0.0304. The molecule has 0 spiro atoms. The standard InChI is InChI=1S/C11H17N3O3/c1-8-5-14(6-10(7-15)17-8)11(16)4-9-2-3-12-13-9/h2-3,8,10,15H,4-7H2,1H3,(H,12,13). The minimum absolute atomic E-state index is 0.0304. The predicted octanol–water partition coefficient (Wildman–Crippen LogP) is -0.440. The number of H-pyrrole nitrogens is 1. The average Bonchev–Trinajstić information content (AvgIpc) is 2.81. The van der Waals surface area contributed by atoms with Gasteiger partial charge in [-0.1, -0.05) is 0 Å². The van der Waals surface area contributed by atoms with Crippen LogP contribution in [0.15, 0.2) is 12.3 Å². The van der Waals surface area contributed by atoms with E-state index in [1.807, 2.05) is 6.92 Å². The minimum atomic E-state index is -0.274. The molecule has 1 aliphatic rings. The highest BCUT2D eigenvalue weighted by molar-refractivity contribution is 5.78.